The number of hydrogen-bond acceptors (Lipinski definition) is 4. The lowest BCUT2D eigenvalue weighted by Gasteiger charge is -2.06. The number of hydrogen-bond donors (Lipinski definition) is 1. The number of pyridine rings is 2. The van der Waals surface area contributed by atoms with E-state index in [0.29, 0.717) is 18.8 Å². The Morgan fingerprint density at radius 3 is 2.80 bits per heavy atom. The van der Waals surface area contributed by atoms with Crippen molar-refractivity contribution in [2.75, 3.05) is 6.61 Å². The van der Waals surface area contributed by atoms with Gasteiger partial charge in [0.1, 0.15) is 12.4 Å². The minimum absolute atomic E-state index is 0.0664. The van der Waals surface area contributed by atoms with Crippen molar-refractivity contribution in [3.8, 4) is 17.6 Å². The first-order valence-corrected chi connectivity index (χ1v) is 6.36. The molecule has 2 aromatic rings. The van der Waals surface area contributed by atoms with Crippen molar-refractivity contribution in [3.05, 3.63) is 53.6 Å². The van der Waals surface area contributed by atoms with Gasteiger partial charge in [-0.2, -0.15) is 0 Å². The molecule has 0 amide bonds. The van der Waals surface area contributed by atoms with Gasteiger partial charge in [0.2, 0.25) is 0 Å². The van der Waals surface area contributed by atoms with Crippen molar-refractivity contribution >= 4 is 0 Å². The molecule has 2 aromatic heterocycles. The molecule has 0 spiro atoms. The van der Waals surface area contributed by atoms with Gasteiger partial charge in [-0.1, -0.05) is 11.8 Å². The molecular weight excluding hydrogens is 252 g/mol. The van der Waals surface area contributed by atoms with Gasteiger partial charge in [-0.3, -0.25) is 9.97 Å². The summed E-state index contributed by atoms with van der Waals surface area (Å²) < 4.78 is 5.67. The van der Waals surface area contributed by atoms with E-state index in [4.69, 9.17) is 9.84 Å². The summed E-state index contributed by atoms with van der Waals surface area (Å²) in [6.07, 6.45) is 7.37. The molecule has 0 saturated carbocycles. The van der Waals surface area contributed by atoms with Crippen LogP contribution in [0.25, 0.3) is 0 Å². The fourth-order valence-corrected chi connectivity index (χ4v) is 1.65. The Hall–Kier alpha value is -2.38. The van der Waals surface area contributed by atoms with Crippen LogP contribution in [-0.4, -0.2) is 21.7 Å². The number of rotatable bonds is 4. The van der Waals surface area contributed by atoms with Gasteiger partial charge in [-0.05, 0) is 24.6 Å². The molecule has 2 rings (SSSR count). The molecule has 0 bridgehead atoms. The Balaban J connectivity index is 2.00. The van der Waals surface area contributed by atoms with E-state index in [1.54, 1.807) is 18.6 Å². The van der Waals surface area contributed by atoms with Gasteiger partial charge in [0, 0.05) is 36.1 Å². The van der Waals surface area contributed by atoms with Crippen LogP contribution in [0.1, 0.15) is 23.1 Å². The van der Waals surface area contributed by atoms with Crippen molar-refractivity contribution in [3.63, 3.8) is 0 Å². The number of ether oxygens (including phenoxy) is 1. The molecule has 0 aliphatic rings. The Bertz CT molecular complexity index is 630. The van der Waals surface area contributed by atoms with E-state index >= 15 is 0 Å². The Labute approximate surface area is 118 Å². The normalized spacial score (nSPS) is 9.70. The topological polar surface area (TPSA) is 55.2 Å². The summed E-state index contributed by atoms with van der Waals surface area (Å²) in [7, 11) is 0. The first-order valence-electron chi connectivity index (χ1n) is 6.36. The fourth-order valence-electron chi connectivity index (χ4n) is 1.65. The minimum atomic E-state index is 0.0664. The van der Waals surface area contributed by atoms with E-state index in [-0.39, 0.29) is 6.61 Å². The molecule has 0 unspecified atom stereocenters. The van der Waals surface area contributed by atoms with Crippen LogP contribution in [0, 0.1) is 18.8 Å². The van der Waals surface area contributed by atoms with Gasteiger partial charge in [0.25, 0.3) is 0 Å². The maximum atomic E-state index is 8.68. The van der Waals surface area contributed by atoms with Crippen LogP contribution in [0.3, 0.4) is 0 Å². The third-order valence-electron chi connectivity index (χ3n) is 2.52. The molecule has 0 aliphatic carbocycles. The van der Waals surface area contributed by atoms with Crippen molar-refractivity contribution in [1.82, 2.24) is 9.97 Å². The van der Waals surface area contributed by atoms with Crippen molar-refractivity contribution < 1.29 is 9.84 Å². The van der Waals surface area contributed by atoms with Gasteiger partial charge in [-0.25, -0.2) is 0 Å². The summed E-state index contributed by atoms with van der Waals surface area (Å²) >= 11 is 0. The molecule has 0 radical (unpaired) electrons. The standard InChI is InChI=1S/C16H16N2O2/c1-13-6-15(10-17-8-13)12-20-16-7-14(9-18-11-16)4-2-3-5-19/h6-11,19H,3,5,12H2,1H3. The molecule has 1 N–H and O–H groups in total. The largest absolute Gasteiger partial charge is 0.487 e. The van der Waals surface area contributed by atoms with E-state index in [0.717, 1.165) is 16.7 Å². The lowest BCUT2D eigenvalue weighted by Crippen LogP contribution is -1.97. The number of aryl methyl sites for hydroxylation is 1. The molecular formula is C16H16N2O2. The van der Waals surface area contributed by atoms with Crippen LogP contribution >= 0.6 is 0 Å². The Morgan fingerprint density at radius 1 is 1.15 bits per heavy atom. The van der Waals surface area contributed by atoms with Crippen LogP contribution in [-0.2, 0) is 6.61 Å². The van der Waals surface area contributed by atoms with Gasteiger partial charge in [0.05, 0.1) is 12.8 Å². The second-order valence-corrected chi connectivity index (χ2v) is 4.34. The van der Waals surface area contributed by atoms with E-state index in [1.807, 2.05) is 25.3 Å². The third-order valence-corrected chi connectivity index (χ3v) is 2.52. The van der Waals surface area contributed by atoms with E-state index in [2.05, 4.69) is 21.8 Å². The SMILES string of the molecule is Cc1cncc(COc2cncc(C#CCCO)c2)c1. The monoisotopic (exact) mass is 268 g/mol. The molecule has 4 heteroatoms. The first kappa shape index (κ1) is 14.0. The molecule has 0 fully saturated rings. The van der Waals surface area contributed by atoms with E-state index < -0.39 is 0 Å². The van der Waals surface area contributed by atoms with Crippen molar-refractivity contribution in [2.45, 2.75) is 20.0 Å². The predicted molar refractivity (Wildman–Crippen MR) is 76.1 cm³/mol. The Kier molecular flexibility index (Phi) is 5.10. The summed E-state index contributed by atoms with van der Waals surface area (Å²) in [5.41, 5.74) is 2.90. The van der Waals surface area contributed by atoms with Crippen molar-refractivity contribution in [1.29, 1.82) is 0 Å². The average Bonchev–Trinajstić information content (AvgIpc) is 2.46. The summed E-state index contributed by atoms with van der Waals surface area (Å²) in [6, 6.07) is 3.87. The van der Waals surface area contributed by atoms with Crippen molar-refractivity contribution in [2.24, 2.45) is 0 Å². The van der Waals surface area contributed by atoms with Gasteiger partial charge < -0.3 is 9.84 Å². The number of aliphatic hydroxyl groups is 1. The smallest absolute Gasteiger partial charge is 0.139 e. The van der Waals surface area contributed by atoms with Crippen LogP contribution in [0.5, 0.6) is 5.75 Å². The molecule has 20 heavy (non-hydrogen) atoms. The second-order valence-electron chi connectivity index (χ2n) is 4.34. The highest BCUT2D eigenvalue weighted by atomic mass is 16.5. The van der Waals surface area contributed by atoms with Crippen LogP contribution in [0.15, 0.2) is 36.9 Å². The second kappa shape index (κ2) is 7.27. The maximum Gasteiger partial charge on any atom is 0.139 e. The quantitative estimate of drug-likeness (QED) is 0.863. The predicted octanol–water partition coefficient (Wildman–Crippen LogP) is 2.10. The highest BCUT2D eigenvalue weighted by molar-refractivity contribution is 5.36. The third kappa shape index (κ3) is 4.38. The van der Waals surface area contributed by atoms with Crippen LogP contribution in [0.4, 0.5) is 0 Å². The molecule has 2 heterocycles. The number of nitrogens with zero attached hydrogens (tertiary/aromatic N) is 2. The molecule has 0 aromatic carbocycles. The van der Waals surface area contributed by atoms with Gasteiger partial charge >= 0.3 is 0 Å². The van der Waals surface area contributed by atoms with Crippen LogP contribution < -0.4 is 4.74 Å². The van der Waals surface area contributed by atoms with Gasteiger partial charge in [-0.15, -0.1) is 0 Å². The minimum Gasteiger partial charge on any atom is -0.487 e. The highest BCUT2D eigenvalue weighted by Gasteiger charge is 1.98. The summed E-state index contributed by atoms with van der Waals surface area (Å²) in [4.78, 5) is 8.21. The van der Waals surface area contributed by atoms with Gasteiger partial charge in [0.15, 0.2) is 0 Å². The molecule has 0 aliphatic heterocycles. The fraction of sp³-hybridized carbons (Fsp3) is 0.250. The summed E-state index contributed by atoms with van der Waals surface area (Å²) in [5, 5.41) is 8.68. The first-order chi connectivity index (χ1) is 9.78. The average molecular weight is 268 g/mol. The zero-order valence-corrected chi connectivity index (χ0v) is 11.3. The molecule has 0 atom stereocenters. The van der Waals surface area contributed by atoms with E-state index in [1.165, 1.54) is 0 Å². The molecule has 102 valence electrons. The number of aliphatic hydroxyl groups excluding tert-OH is 1. The molecule has 4 nitrogen and oxygen atoms in total. The number of aromatic nitrogens is 2. The lowest BCUT2D eigenvalue weighted by atomic mass is 10.2. The van der Waals surface area contributed by atoms with Crippen LogP contribution in [0.2, 0.25) is 0 Å². The summed E-state index contributed by atoms with van der Waals surface area (Å²) in [6.45, 7) is 2.51. The summed E-state index contributed by atoms with van der Waals surface area (Å²) in [5.74, 6) is 6.45. The lowest BCUT2D eigenvalue weighted by molar-refractivity contribution is 0.304. The zero-order valence-electron chi connectivity index (χ0n) is 11.3. The van der Waals surface area contributed by atoms with E-state index in [9.17, 15) is 0 Å². The Morgan fingerprint density at radius 2 is 2.00 bits per heavy atom. The maximum absolute atomic E-state index is 8.68. The molecule has 0 saturated heterocycles. The zero-order chi connectivity index (χ0) is 14.2. The highest BCUT2D eigenvalue weighted by Crippen LogP contribution is 2.13.